The zero-order valence-electron chi connectivity index (χ0n) is 16.7. The largest absolute Gasteiger partial charge is 0.465 e. The first-order valence-electron chi connectivity index (χ1n) is 8.94. The minimum Gasteiger partial charge on any atom is -0.465 e. The monoisotopic (exact) mass is 379 g/mol. The molecule has 150 valence electrons. The minimum absolute atomic E-state index is 0.324. The third-order valence-electron chi connectivity index (χ3n) is 3.95. The smallest absolute Gasteiger partial charge is 0.337 e. The lowest BCUT2D eigenvalue weighted by Gasteiger charge is -2.18. The van der Waals surface area contributed by atoms with E-state index in [1.54, 1.807) is 38.2 Å². The molecule has 0 heterocycles. The predicted octanol–water partition coefficient (Wildman–Crippen LogP) is 2.43. The maximum atomic E-state index is 12.1. The molecule has 0 aliphatic rings. The number of benzene rings is 1. The van der Waals surface area contributed by atoms with Crippen LogP contribution in [0, 0.1) is 5.92 Å². The van der Waals surface area contributed by atoms with E-state index in [0.29, 0.717) is 24.6 Å². The Labute approximate surface area is 160 Å². The first kappa shape index (κ1) is 22.6. The molecule has 1 aromatic rings. The van der Waals surface area contributed by atoms with Gasteiger partial charge in [0.05, 0.1) is 12.7 Å². The van der Waals surface area contributed by atoms with Crippen LogP contribution in [0.25, 0.3) is 0 Å². The second kappa shape index (κ2) is 11.3. The summed E-state index contributed by atoms with van der Waals surface area (Å²) in [5.74, 6) is -0.800. The summed E-state index contributed by atoms with van der Waals surface area (Å²) in [4.78, 5) is 36.9. The normalized spacial score (nSPS) is 11.8. The highest BCUT2D eigenvalue weighted by Crippen LogP contribution is 2.08. The zero-order chi connectivity index (χ0) is 20.4. The van der Waals surface area contributed by atoms with Crippen LogP contribution in [0.3, 0.4) is 0 Å². The molecule has 1 rings (SSSR count). The van der Waals surface area contributed by atoms with Crippen LogP contribution >= 0.6 is 0 Å². The second-order valence-corrected chi connectivity index (χ2v) is 6.74. The summed E-state index contributed by atoms with van der Waals surface area (Å²) in [6.07, 6.45) is 0.154. The number of carbonyl (C=O) groups is 3. The third-order valence-corrected chi connectivity index (χ3v) is 3.95. The summed E-state index contributed by atoms with van der Waals surface area (Å²) < 4.78 is 15.1. The van der Waals surface area contributed by atoms with Gasteiger partial charge in [-0.25, -0.2) is 9.59 Å². The van der Waals surface area contributed by atoms with Gasteiger partial charge in [-0.3, -0.25) is 4.79 Å². The van der Waals surface area contributed by atoms with E-state index >= 15 is 0 Å². The fraction of sp³-hybridized carbons (Fsp3) is 0.550. The zero-order valence-corrected chi connectivity index (χ0v) is 16.7. The Morgan fingerprint density at radius 3 is 2.26 bits per heavy atom. The van der Waals surface area contributed by atoms with Gasteiger partial charge in [0, 0.05) is 20.2 Å². The van der Waals surface area contributed by atoms with E-state index in [2.05, 4.69) is 18.6 Å². The molecule has 27 heavy (non-hydrogen) atoms. The molecule has 0 spiro atoms. The summed E-state index contributed by atoms with van der Waals surface area (Å²) in [5, 5.41) is 0. The van der Waals surface area contributed by atoms with Crippen LogP contribution in [-0.2, 0) is 30.3 Å². The number of amides is 1. The predicted molar refractivity (Wildman–Crippen MR) is 100 cm³/mol. The highest BCUT2D eigenvalue weighted by atomic mass is 16.6. The molecular formula is C20H29NO6. The Kier molecular flexibility index (Phi) is 9.50. The molecule has 1 atom stereocenters. The Morgan fingerprint density at radius 2 is 1.70 bits per heavy atom. The molecule has 0 N–H and O–H groups in total. The molecule has 0 bridgehead atoms. The molecular weight excluding hydrogens is 350 g/mol. The fourth-order valence-corrected chi connectivity index (χ4v) is 2.14. The van der Waals surface area contributed by atoms with Gasteiger partial charge in [-0.15, -0.1) is 0 Å². The number of hydrogen-bond acceptors (Lipinski definition) is 6. The molecule has 1 aromatic carbocycles. The van der Waals surface area contributed by atoms with Crippen molar-refractivity contribution in [3.05, 3.63) is 35.4 Å². The van der Waals surface area contributed by atoms with Crippen LogP contribution in [0.5, 0.6) is 0 Å². The van der Waals surface area contributed by atoms with E-state index in [1.165, 1.54) is 12.0 Å². The lowest BCUT2D eigenvalue weighted by molar-refractivity contribution is -0.161. The van der Waals surface area contributed by atoms with E-state index in [1.807, 2.05) is 0 Å². The van der Waals surface area contributed by atoms with Gasteiger partial charge in [0.15, 0.2) is 12.7 Å². The number of hydrogen-bond donors (Lipinski definition) is 0. The van der Waals surface area contributed by atoms with E-state index in [4.69, 9.17) is 9.47 Å². The SMILES string of the molecule is COC(=O)c1ccc(CN(C)C(=O)COC(=O)C(C)OCCC(C)C)cc1. The lowest BCUT2D eigenvalue weighted by Crippen LogP contribution is -2.33. The Hall–Kier alpha value is -2.41. The van der Waals surface area contributed by atoms with Gasteiger partial charge in [0.2, 0.25) is 0 Å². The highest BCUT2D eigenvalue weighted by molar-refractivity contribution is 5.89. The summed E-state index contributed by atoms with van der Waals surface area (Å²) in [6.45, 7) is 6.22. The number of esters is 2. The molecule has 7 nitrogen and oxygen atoms in total. The molecule has 0 saturated heterocycles. The van der Waals surface area contributed by atoms with Gasteiger partial charge in [-0.05, 0) is 37.0 Å². The van der Waals surface area contributed by atoms with Gasteiger partial charge in [0.1, 0.15) is 0 Å². The summed E-state index contributed by atoms with van der Waals surface area (Å²) >= 11 is 0. The first-order valence-corrected chi connectivity index (χ1v) is 8.94. The fourth-order valence-electron chi connectivity index (χ4n) is 2.14. The second-order valence-electron chi connectivity index (χ2n) is 6.74. The van der Waals surface area contributed by atoms with Crippen molar-refractivity contribution < 1.29 is 28.6 Å². The topological polar surface area (TPSA) is 82.1 Å². The lowest BCUT2D eigenvalue weighted by atomic mass is 10.1. The van der Waals surface area contributed by atoms with Crippen LogP contribution < -0.4 is 0 Å². The Balaban J connectivity index is 2.41. The third kappa shape index (κ3) is 8.21. The number of carbonyl (C=O) groups excluding carboxylic acids is 3. The van der Waals surface area contributed by atoms with Crippen molar-refractivity contribution in [3.8, 4) is 0 Å². The van der Waals surface area contributed by atoms with Crippen LogP contribution in [0.1, 0.15) is 43.1 Å². The van der Waals surface area contributed by atoms with E-state index < -0.39 is 18.0 Å². The molecule has 7 heteroatoms. The number of rotatable bonds is 10. The summed E-state index contributed by atoms with van der Waals surface area (Å²) in [6, 6.07) is 6.75. The van der Waals surface area contributed by atoms with Crippen molar-refractivity contribution >= 4 is 17.8 Å². The number of nitrogens with zero attached hydrogens (tertiary/aromatic N) is 1. The van der Waals surface area contributed by atoms with Gasteiger partial charge >= 0.3 is 11.9 Å². The molecule has 0 aliphatic heterocycles. The van der Waals surface area contributed by atoms with Crippen molar-refractivity contribution in [2.24, 2.45) is 5.92 Å². The van der Waals surface area contributed by atoms with Crippen molar-refractivity contribution in [3.63, 3.8) is 0 Å². The van der Waals surface area contributed by atoms with Crippen LogP contribution in [0.2, 0.25) is 0 Å². The number of ether oxygens (including phenoxy) is 3. The maximum Gasteiger partial charge on any atom is 0.337 e. The van der Waals surface area contributed by atoms with Gasteiger partial charge < -0.3 is 19.1 Å². The van der Waals surface area contributed by atoms with Crippen molar-refractivity contribution in [1.82, 2.24) is 4.90 Å². The molecule has 0 saturated carbocycles. The van der Waals surface area contributed by atoms with E-state index in [9.17, 15) is 14.4 Å². The molecule has 0 aromatic heterocycles. The average Bonchev–Trinajstić information content (AvgIpc) is 2.65. The van der Waals surface area contributed by atoms with Crippen molar-refractivity contribution in [2.45, 2.75) is 39.8 Å². The maximum absolute atomic E-state index is 12.1. The Morgan fingerprint density at radius 1 is 1.07 bits per heavy atom. The molecule has 1 unspecified atom stereocenters. The van der Waals surface area contributed by atoms with Crippen molar-refractivity contribution in [2.75, 3.05) is 27.4 Å². The molecule has 0 aliphatic carbocycles. The molecule has 1 amide bonds. The quantitative estimate of drug-likeness (QED) is 0.581. The first-order chi connectivity index (χ1) is 12.7. The standard InChI is InChI=1S/C20H29NO6/c1-14(2)10-11-26-15(3)19(23)27-13-18(22)21(4)12-16-6-8-17(9-7-16)20(24)25-5/h6-9,14-15H,10-13H2,1-5H3. The van der Waals surface area contributed by atoms with Gasteiger partial charge in [-0.1, -0.05) is 26.0 Å². The van der Waals surface area contributed by atoms with Crippen LogP contribution in [0.4, 0.5) is 0 Å². The van der Waals surface area contributed by atoms with Gasteiger partial charge in [0.25, 0.3) is 5.91 Å². The van der Waals surface area contributed by atoms with Crippen molar-refractivity contribution in [1.29, 1.82) is 0 Å². The van der Waals surface area contributed by atoms with Crippen LogP contribution in [-0.4, -0.2) is 56.2 Å². The minimum atomic E-state index is -0.701. The highest BCUT2D eigenvalue weighted by Gasteiger charge is 2.18. The Bertz CT molecular complexity index is 626. The molecule has 0 radical (unpaired) electrons. The van der Waals surface area contributed by atoms with E-state index in [0.717, 1.165) is 12.0 Å². The van der Waals surface area contributed by atoms with E-state index in [-0.39, 0.29) is 12.5 Å². The molecule has 0 fully saturated rings. The van der Waals surface area contributed by atoms with Crippen LogP contribution in [0.15, 0.2) is 24.3 Å². The van der Waals surface area contributed by atoms with Gasteiger partial charge in [-0.2, -0.15) is 0 Å². The average molecular weight is 379 g/mol. The number of methoxy groups -OCH3 is 1. The summed E-state index contributed by atoms with van der Waals surface area (Å²) in [5.41, 5.74) is 1.28. The number of likely N-dealkylation sites (N-methyl/N-ethyl adjacent to an activating group) is 1. The summed E-state index contributed by atoms with van der Waals surface area (Å²) in [7, 11) is 2.94.